The van der Waals surface area contributed by atoms with E-state index in [0.717, 1.165) is 51.2 Å². The van der Waals surface area contributed by atoms with Gasteiger partial charge in [-0.3, -0.25) is 4.90 Å². The molecule has 0 spiro atoms. The maximum atomic E-state index is 14.0. The number of halogens is 5. The van der Waals surface area contributed by atoms with Gasteiger partial charge in [-0.1, -0.05) is 26.3 Å². The first-order chi connectivity index (χ1) is 10.8. The summed E-state index contributed by atoms with van der Waals surface area (Å²) < 4.78 is 52.2. The lowest BCUT2D eigenvalue weighted by Crippen LogP contribution is -2.46. The molecule has 24 heavy (non-hydrogen) atoms. The average Bonchev–Trinajstić information content (AvgIpc) is 2.47. The van der Waals surface area contributed by atoms with Crippen LogP contribution >= 0.6 is 12.4 Å². The number of alkyl halides is 3. The first kappa shape index (κ1) is 21.2. The third-order valence-corrected chi connectivity index (χ3v) is 4.47. The maximum absolute atomic E-state index is 14.0. The Morgan fingerprint density at radius 3 is 2.33 bits per heavy atom. The van der Waals surface area contributed by atoms with Gasteiger partial charge in [0, 0.05) is 32.2 Å². The predicted octanol–water partition coefficient (Wildman–Crippen LogP) is 4.65. The second kappa shape index (κ2) is 9.02. The molecule has 1 fully saturated rings. The summed E-state index contributed by atoms with van der Waals surface area (Å²) in [5.41, 5.74) is -0.554. The average molecular weight is 369 g/mol. The Hall–Kier alpha value is -0.850. The molecule has 1 aromatic rings. The van der Waals surface area contributed by atoms with E-state index < -0.39 is 17.6 Å². The van der Waals surface area contributed by atoms with Crippen LogP contribution < -0.4 is 5.32 Å². The van der Waals surface area contributed by atoms with Crippen LogP contribution in [0.2, 0.25) is 0 Å². The van der Waals surface area contributed by atoms with Crippen molar-refractivity contribution in [3.05, 3.63) is 35.1 Å². The van der Waals surface area contributed by atoms with Crippen molar-refractivity contribution in [1.82, 2.24) is 10.2 Å². The molecule has 0 amide bonds. The van der Waals surface area contributed by atoms with Gasteiger partial charge in [-0.2, -0.15) is 13.2 Å². The highest BCUT2D eigenvalue weighted by molar-refractivity contribution is 5.85. The van der Waals surface area contributed by atoms with E-state index in [1.165, 1.54) is 6.07 Å². The molecule has 2 atom stereocenters. The SMILES string of the molecule is CCCC(C)[C@@H](c1ccc(C(F)(F)F)c(F)c1)N1CCNCC1.Cl. The second-order valence-corrected chi connectivity index (χ2v) is 6.23. The molecular weight excluding hydrogens is 344 g/mol. The molecule has 2 rings (SSSR count). The van der Waals surface area contributed by atoms with Crippen LogP contribution in [0.25, 0.3) is 0 Å². The lowest BCUT2D eigenvalue weighted by molar-refractivity contribution is -0.140. The van der Waals surface area contributed by atoms with E-state index in [2.05, 4.69) is 24.1 Å². The van der Waals surface area contributed by atoms with Crippen LogP contribution in [-0.4, -0.2) is 31.1 Å². The molecule has 1 saturated heterocycles. The van der Waals surface area contributed by atoms with E-state index in [1.54, 1.807) is 0 Å². The lowest BCUT2D eigenvalue weighted by Gasteiger charge is -2.38. The number of piperazine rings is 1. The van der Waals surface area contributed by atoms with Gasteiger partial charge in [0.25, 0.3) is 0 Å². The molecule has 0 aromatic heterocycles. The summed E-state index contributed by atoms with van der Waals surface area (Å²) in [6.45, 7) is 7.50. The predicted molar refractivity (Wildman–Crippen MR) is 89.9 cm³/mol. The monoisotopic (exact) mass is 368 g/mol. The molecule has 1 aromatic carbocycles. The summed E-state index contributed by atoms with van der Waals surface area (Å²) >= 11 is 0. The molecule has 1 heterocycles. The normalized spacial score (nSPS) is 18.8. The van der Waals surface area contributed by atoms with Crippen molar-refractivity contribution in [3.63, 3.8) is 0 Å². The van der Waals surface area contributed by atoms with E-state index in [9.17, 15) is 17.6 Å². The third-order valence-electron chi connectivity index (χ3n) is 4.47. The van der Waals surface area contributed by atoms with Gasteiger partial charge in [0.1, 0.15) is 5.82 Å². The zero-order valence-electron chi connectivity index (χ0n) is 14.0. The summed E-state index contributed by atoms with van der Waals surface area (Å²) in [6, 6.07) is 3.33. The van der Waals surface area contributed by atoms with E-state index in [4.69, 9.17) is 0 Å². The minimum Gasteiger partial charge on any atom is -0.314 e. The van der Waals surface area contributed by atoms with Crippen LogP contribution in [0, 0.1) is 11.7 Å². The van der Waals surface area contributed by atoms with Crippen LogP contribution in [0.4, 0.5) is 17.6 Å². The van der Waals surface area contributed by atoms with Crippen molar-refractivity contribution in [2.45, 2.75) is 38.9 Å². The molecule has 1 unspecified atom stereocenters. The van der Waals surface area contributed by atoms with Crippen molar-refractivity contribution in [3.8, 4) is 0 Å². The fraction of sp³-hybridized carbons (Fsp3) is 0.647. The standard InChI is InChI=1S/C17H24F4N2.ClH/c1-3-4-12(2)16(23-9-7-22-8-10-23)13-5-6-14(15(18)11-13)17(19,20)21;/h5-6,11-12,16,22H,3-4,7-10H2,1-2H3;1H/t12?,16-;/m0./s1. The van der Waals surface area contributed by atoms with Gasteiger partial charge in [-0.25, -0.2) is 4.39 Å². The van der Waals surface area contributed by atoms with E-state index in [0.29, 0.717) is 5.56 Å². The fourth-order valence-corrected chi connectivity index (χ4v) is 3.42. The minimum atomic E-state index is -4.65. The topological polar surface area (TPSA) is 15.3 Å². The largest absolute Gasteiger partial charge is 0.419 e. The number of nitrogens with zero attached hydrogens (tertiary/aromatic N) is 1. The van der Waals surface area contributed by atoms with E-state index in [-0.39, 0.29) is 24.4 Å². The minimum absolute atomic E-state index is 0. The molecule has 1 N–H and O–H groups in total. The zero-order chi connectivity index (χ0) is 17.0. The number of rotatable bonds is 5. The van der Waals surface area contributed by atoms with E-state index >= 15 is 0 Å². The Labute approximate surface area is 147 Å². The van der Waals surface area contributed by atoms with Crippen molar-refractivity contribution >= 4 is 12.4 Å². The van der Waals surface area contributed by atoms with Gasteiger partial charge in [0.15, 0.2) is 0 Å². The molecule has 1 aliphatic rings. The summed E-state index contributed by atoms with van der Waals surface area (Å²) in [5.74, 6) is -0.923. The smallest absolute Gasteiger partial charge is 0.314 e. The van der Waals surface area contributed by atoms with Gasteiger partial charge in [0.05, 0.1) is 5.56 Å². The first-order valence-electron chi connectivity index (χ1n) is 8.16. The summed E-state index contributed by atoms with van der Waals surface area (Å²) in [6.07, 6.45) is -2.70. The van der Waals surface area contributed by atoms with Gasteiger partial charge < -0.3 is 5.32 Å². The molecule has 0 aliphatic carbocycles. The number of nitrogens with one attached hydrogen (secondary N) is 1. The van der Waals surface area contributed by atoms with Gasteiger partial charge in [-0.05, 0) is 30.0 Å². The summed E-state index contributed by atoms with van der Waals surface area (Å²) in [4.78, 5) is 2.25. The highest BCUT2D eigenvalue weighted by Gasteiger charge is 2.35. The molecule has 0 saturated carbocycles. The highest BCUT2D eigenvalue weighted by Crippen LogP contribution is 2.36. The third kappa shape index (κ3) is 5.07. The van der Waals surface area contributed by atoms with Gasteiger partial charge in [0.2, 0.25) is 0 Å². The summed E-state index contributed by atoms with van der Waals surface area (Å²) in [5, 5.41) is 3.27. The first-order valence-corrected chi connectivity index (χ1v) is 8.16. The Balaban J connectivity index is 0.00000288. The van der Waals surface area contributed by atoms with Gasteiger partial charge in [-0.15, -0.1) is 12.4 Å². The second-order valence-electron chi connectivity index (χ2n) is 6.23. The van der Waals surface area contributed by atoms with Crippen LogP contribution in [0.15, 0.2) is 18.2 Å². The van der Waals surface area contributed by atoms with Crippen LogP contribution in [0.1, 0.15) is 43.9 Å². The molecule has 0 radical (unpaired) electrons. The molecule has 7 heteroatoms. The molecular formula is C17H25ClF4N2. The molecule has 2 nitrogen and oxygen atoms in total. The number of hydrogen-bond donors (Lipinski definition) is 1. The van der Waals surface area contributed by atoms with Crippen molar-refractivity contribution in [2.24, 2.45) is 5.92 Å². The lowest BCUT2D eigenvalue weighted by atomic mass is 9.88. The fourth-order valence-electron chi connectivity index (χ4n) is 3.42. The molecule has 0 bridgehead atoms. The molecule has 138 valence electrons. The van der Waals surface area contributed by atoms with Gasteiger partial charge >= 0.3 is 6.18 Å². The Morgan fingerprint density at radius 2 is 1.83 bits per heavy atom. The Morgan fingerprint density at radius 1 is 1.21 bits per heavy atom. The van der Waals surface area contributed by atoms with Crippen molar-refractivity contribution in [2.75, 3.05) is 26.2 Å². The molecule has 1 aliphatic heterocycles. The van der Waals surface area contributed by atoms with Crippen LogP contribution in [0.5, 0.6) is 0 Å². The zero-order valence-corrected chi connectivity index (χ0v) is 14.8. The quantitative estimate of drug-likeness (QED) is 0.761. The van der Waals surface area contributed by atoms with Crippen molar-refractivity contribution < 1.29 is 17.6 Å². The maximum Gasteiger partial charge on any atom is 0.419 e. The van der Waals surface area contributed by atoms with Crippen LogP contribution in [-0.2, 0) is 6.18 Å². The van der Waals surface area contributed by atoms with Crippen LogP contribution in [0.3, 0.4) is 0 Å². The Kier molecular flexibility index (Phi) is 7.96. The summed E-state index contributed by atoms with van der Waals surface area (Å²) in [7, 11) is 0. The Bertz CT molecular complexity index is 516. The number of hydrogen-bond acceptors (Lipinski definition) is 2. The number of benzene rings is 1. The highest BCUT2D eigenvalue weighted by atomic mass is 35.5. The van der Waals surface area contributed by atoms with Crippen molar-refractivity contribution in [1.29, 1.82) is 0 Å². The van der Waals surface area contributed by atoms with E-state index in [1.807, 2.05) is 0 Å².